The Hall–Kier alpha value is -2.53. The van der Waals surface area contributed by atoms with Crippen LogP contribution < -0.4 is 14.8 Å². The summed E-state index contributed by atoms with van der Waals surface area (Å²) in [5.74, 6) is 0.579. The lowest BCUT2D eigenvalue weighted by atomic mass is 10.1. The van der Waals surface area contributed by atoms with Gasteiger partial charge in [-0.3, -0.25) is 9.59 Å². The van der Waals surface area contributed by atoms with Crippen LogP contribution in [0, 0.1) is 0 Å². The van der Waals surface area contributed by atoms with Crippen molar-refractivity contribution in [3.8, 4) is 11.5 Å². The average Bonchev–Trinajstić information content (AvgIpc) is 2.59. The third-order valence-corrected chi connectivity index (χ3v) is 3.66. The number of halogens is 1. The molecule has 126 valence electrons. The molecule has 6 heteroatoms. The third kappa shape index (κ3) is 4.73. The van der Waals surface area contributed by atoms with Gasteiger partial charge in [0, 0.05) is 5.02 Å². The Balaban J connectivity index is 1.95. The molecule has 1 atom stereocenters. The van der Waals surface area contributed by atoms with Gasteiger partial charge in [-0.05, 0) is 42.8 Å². The van der Waals surface area contributed by atoms with Crippen molar-refractivity contribution >= 4 is 23.8 Å². The number of carbonyl (C=O) groups excluding carboxylic acids is 2. The van der Waals surface area contributed by atoms with E-state index in [-0.39, 0.29) is 18.6 Å². The molecule has 2 rings (SSSR count). The van der Waals surface area contributed by atoms with Crippen molar-refractivity contribution in [2.75, 3.05) is 13.7 Å². The molecule has 0 fully saturated rings. The van der Waals surface area contributed by atoms with Crippen molar-refractivity contribution in [2.24, 2.45) is 0 Å². The zero-order valence-electron chi connectivity index (χ0n) is 13.4. The molecule has 0 spiro atoms. The largest absolute Gasteiger partial charge is 0.497 e. The summed E-state index contributed by atoms with van der Waals surface area (Å²) < 4.78 is 10.5. The fraction of sp³-hybridized carbons (Fsp3) is 0.222. The number of nitrogens with one attached hydrogen (secondary N) is 1. The van der Waals surface area contributed by atoms with Gasteiger partial charge in [-0.1, -0.05) is 23.7 Å². The highest BCUT2D eigenvalue weighted by Crippen LogP contribution is 2.22. The predicted molar refractivity (Wildman–Crippen MR) is 91.9 cm³/mol. The minimum absolute atomic E-state index is 0.196. The van der Waals surface area contributed by atoms with Crippen LogP contribution in [0.1, 0.15) is 28.9 Å². The average molecular weight is 348 g/mol. The SMILES string of the molecule is COc1ccc(OCC(=O)N[C@@H](C)c2cccc(Cl)c2)c(C=O)c1. The zero-order valence-corrected chi connectivity index (χ0v) is 14.2. The molecule has 0 bridgehead atoms. The first-order valence-corrected chi connectivity index (χ1v) is 7.72. The van der Waals surface area contributed by atoms with Gasteiger partial charge >= 0.3 is 0 Å². The molecular weight excluding hydrogens is 330 g/mol. The highest BCUT2D eigenvalue weighted by atomic mass is 35.5. The van der Waals surface area contributed by atoms with Gasteiger partial charge in [-0.25, -0.2) is 0 Å². The number of carbonyl (C=O) groups is 2. The van der Waals surface area contributed by atoms with Crippen LogP contribution in [0.2, 0.25) is 5.02 Å². The molecule has 24 heavy (non-hydrogen) atoms. The smallest absolute Gasteiger partial charge is 0.258 e. The van der Waals surface area contributed by atoms with Crippen LogP contribution in [0.5, 0.6) is 11.5 Å². The molecule has 2 aromatic rings. The molecule has 0 saturated heterocycles. The molecule has 1 amide bonds. The van der Waals surface area contributed by atoms with E-state index in [4.69, 9.17) is 21.1 Å². The van der Waals surface area contributed by atoms with Gasteiger partial charge in [0.2, 0.25) is 0 Å². The summed E-state index contributed by atoms with van der Waals surface area (Å²) in [6.45, 7) is 1.66. The van der Waals surface area contributed by atoms with Gasteiger partial charge in [-0.2, -0.15) is 0 Å². The van der Waals surface area contributed by atoms with Crippen LogP contribution in [0.25, 0.3) is 0 Å². The van der Waals surface area contributed by atoms with E-state index >= 15 is 0 Å². The van der Waals surface area contributed by atoms with E-state index in [2.05, 4.69) is 5.32 Å². The van der Waals surface area contributed by atoms with Gasteiger partial charge < -0.3 is 14.8 Å². The van der Waals surface area contributed by atoms with Crippen molar-refractivity contribution in [1.29, 1.82) is 0 Å². The highest BCUT2D eigenvalue weighted by molar-refractivity contribution is 6.30. The lowest BCUT2D eigenvalue weighted by Gasteiger charge is -2.15. The molecule has 1 N–H and O–H groups in total. The molecule has 0 aliphatic carbocycles. The highest BCUT2D eigenvalue weighted by Gasteiger charge is 2.12. The second-order valence-corrected chi connectivity index (χ2v) is 5.59. The minimum atomic E-state index is -0.296. The van der Waals surface area contributed by atoms with Crippen LogP contribution in [0.15, 0.2) is 42.5 Å². The monoisotopic (exact) mass is 347 g/mol. The Kier molecular flexibility index (Phi) is 6.21. The summed E-state index contributed by atoms with van der Waals surface area (Å²) in [6.07, 6.45) is 0.657. The first-order chi connectivity index (χ1) is 11.5. The van der Waals surface area contributed by atoms with Crippen molar-refractivity contribution in [2.45, 2.75) is 13.0 Å². The number of rotatable bonds is 7. The Morgan fingerprint density at radius 3 is 2.75 bits per heavy atom. The molecule has 5 nitrogen and oxygen atoms in total. The quantitative estimate of drug-likeness (QED) is 0.779. The molecule has 0 radical (unpaired) electrons. The van der Waals surface area contributed by atoms with Crippen molar-refractivity contribution < 1.29 is 19.1 Å². The van der Waals surface area contributed by atoms with Gasteiger partial charge in [0.1, 0.15) is 11.5 Å². The number of hydrogen-bond donors (Lipinski definition) is 1. The van der Waals surface area contributed by atoms with Crippen LogP contribution >= 0.6 is 11.6 Å². The van der Waals surface area contributed by atoms with Crippen LogP contribution in [-0.4, -0.2) is 25.9 Å². The van der Waals surface area contributed by atoms with E-state index in [1.54, 1.807) is 30.3 Å². The first-order valence-electron chi connectivity index (χ1n) is 7.34. The lowest BCUT2D eigenvalue weighted by molar-refractivity contribution is -0.123. The molecule has 0 aliphatic heterocycles. The van der Waals surface area contributed by atoms with Crippen molar-refractivity contribution in [1.82, 2.24) is 5.32 Å². The summed E-state index contributed by atoms with van der Waals surface area (Å²) in [5.41, 5.74) is 1.22. The van der Waals surface area contributed by atoms with Crippen LogP contribution in [0.3, 0.4) is 0 Å². The molecule has 2 aromatic carbocycles. The molecule has 0 heterocycles. The van der Waals surface area contributed by atoms with Gasteiger partial charge in [0.05, 0.1) is 18.7 Å². The Labute approximate surface area is 145 Å². The maximum Gasteiger partial charge on any atom is 0.258 e. The van der Waals surface area contributed by atoms with Crippen LogP contribution in [-0.2, 0) is 4.79 Å². The summed E-state index contributed by atoms with van der Waals surface area (Å²) >= 11 is 5.94. The van der Waals surface area contributed by atoms with Gasteiger partial charge in [0.25, 0.3) is 5.91 Å². The van der Waals surface area contributed by atoms with E-state index in [1.807, 2.05) is 19.1 Å². The first kappa shape index (κ1) is 17.8. The summed E-state index contributed by atoms with van der Waals surface area (Å²) in [6, 6.07) is 11.9. The number of aldehydes is 1. The second kappa shape index (κ2) is 8.36. The Bertz CT molecular complexity index is 733. The summed E-state index contributed by atoms with van der Waals surface area (Å²) in [7, 11) is 1.51. The maximum atomic E-state index is 12.0. The number of ether oxygens (including phenoxy) is 2. The van der Waals surface area contributed by atoms with E-state index < -0.39 is 0 Å². The lowest BCUT2D eigenvalue weighted by Crippen LogP contribution is -2.31. The third-order valence-electron chi connectivity index (χ3n) is 3.43. The number of amides is 1. The Morgan fingerprint density at radius 2 is 2.08 bits per heavy atom. The van der Waals surface area contributed by atoms with Crippen molar-refractivity contribution in [3.63, 3.8) is 0 Å². The fourth-order valence-corrected chi connectivity index (χ4v) is 2.36. The van der Waals surface area contributed by atoms with E-state index in [1.165, 1.54) is 7.11 Å². The second-order valence-electron chi connectivity index (χ2n) is 5.15. The molecule has 0 aromatic heterocycles. The number of methoxy groups -OCH3 is 1. The maximum absolute atomic E-state index is 12.0. The summed E-state index contributed by atoms with van der Waals surface area (Å²) in [4.78, 5) is 23.1. The molecule has 0 aliphatic rings. The van der Waals surface area contributed by atoms with Gasteiger partial charge in [0.15, 0.2) is 12.9 Å². The number of benzene rings is 2. The summed E-state index contributed by atoms with van der Waals surface area (Å²) in [5, 5.41) is 3.43. The molecule has 0 unspecified atom stereocenters. The minimum Gasteiger partial charge on any atom is -0.497 e. The Morgan fingerprint density at radius 1 is 1.29 bits per heavy atom. The predicted octanol–water partition coefficient (Wildman–Crippen LogP) is 3.42. The zero-order chi connectivity index (χ0) is 17.5. The topological polar surface area (TPSA) is 64.6 Å². The fourth-order valence-electron chi connectivity index (χ4n) is 2.16. The molecule has 0 saturated carbocycles. The number of hydrogen-bond acceptors (Lipinski definition) is 4. The van der Waals surface area contributed by atoms with E-state index in [9.17, 15) is 9.59 Å². The molecular formula is C18H18ClNO4. The standard InChI is InChI=1S/C18H18ClNO4/c1-12(13-4-3-5-15(19)8-13)20-18(22)11-24-17-7-6-16(23-2)9-14(17)10-21/h3-10,12H,11H2,1-2H3,(H,20,22)/t12-/m0/s1. The van der Waals surface area contributed by atoms with E-state index in [0.717, 1.165) is 5.56 Å². The van der Waals surface area contributed by atoms with Crippen molar-refractivity contribution in [3.05, 3.63) is 58.6 Å². The van der Waals surface area contributed by atoms with Gasteiger partial charge in [-0.15, -0.1) is 0 Å². The normalized spacial score (nSPS) is 11.5. The van der Waals surface area contributed by atoms with E-state index in [0.29, 0.717) is 28.4 Å². The van der Waals surface area contributed by atoms with Crippen LogP contribution in [0.4, 0.5) is 0 Å².